The smallest absolute Gasteiger partial charge is 0.138 e. The molecule has 3 heteroatoms. The maximum absolute atomic E-state index is 6.23. The van der Waals surface area contributed by atoms with E-state index in [1.807, 2.05) is 37.3 Å². The lowest BCUT2D eigenvalue weighted by molar-refractivity contribution is 1.43. The Labute approximate surface area is 128 Å². The molecule has 0 spiro atoms. The molecule has 1 N–H and O–H groups in total. The van der Waals surface area contributed by atoms with Gasteiger partial charge in [0.25, 0.3) is 0 Å². The molecule has 1 aliphatic heterocycles. The van der Waals surface area contributed by atoms with E-state index in [4.69, 9.17) is 16.6 Å². The van der Waals surface area contributed by atoms with Crippen molar-refractivity contribution in [3.05, 3.63) is 70.7 Å². The monoisotopic (exact) mass is 292 g/mol. The minimum absolute atomic E-state index is 0.758. The van der Waals surface area contributed by atoms with E-state index in [9.17, 15) is 0 Å². The van der Waals surface area contributed by atoms with Crippen molar-refractivity contribution in [1.29, 1.82) is 0 Å². The minimum atomic E-state index is 0.758. The molecule has 0 bridgehead atoms. The normalized spacial score (nSPS) is 13.0. The quantitative estimate of drug-likeness (QED) is 0.646. The van der Waals surface area contributed by atoms with E-state index in [-0.39, 0.29) is 0 Å². The Morgan fingerprint density at radius 3 is 2.62 bits per heavy atom. The average molecular weight is 293 g/mol. The molecule has 102 valence electrons. The van der Waals surface area contributed by atoms with Crippen molar-refractivity contribution in [3.63, 3.8) is 0 Å². The highest BCUT2D eigenvalue weighted by Gasteiger charge is 2.15. The largest absolute Gasteiger partial charge is 0.339 e. The summed E-state index contributed by atoms with van der Waals surface area (Å²) >= 11 is 6.23. The molecular weight excluding hydrogens is 280 g/mol. The standard InChI is InChI=1S/C18H13ClN2/c1-11-8-9-13(10-14(11)19)18-20-15-6-2-4-12-5-3-7-16(21-18)17(12)15/h2-10H,1H3,(H,20,21). The van der Waals surface area contributed by atoms with E-state index in [0.29, 0.717) is 0 Å². The topological polar surface area (TPSA) is 24.4 Å². The van der Waals surface area contributed by atoms with E-state index in [0.717, 1.165) is 33.4 Å². The van der Waals surface area contributed by atoms with Crippen LogP contribution in [-0.2, 0) is 0 Å². The molecule has 1 aliphatic rings. The summed E-state index contributed by atoms with van der Waals surface area (Å²) in [6, 6.07) is 18.4. The first-order valence-electron chi connectivity index (χ1n) is 6.86. The van der Waals surface area contributed by atoms with Gasteiger partial charge in [-0.2, -0.15) is 0 Å². The van der Waals surface area contributed by atoms with Crippen molar-refractivity contribution in [2.24, 2.45) is 4.99 Å². The fourth-order valence-corrected chi connectivity index (χ4v) is 2.85. The number of nitrogens with one attached hydrogen (secondary N) is 1. The Bertz CT molecular complexity index is 892. The van der Waals surface area contributed by atoms with E-state index in [1.165, 1.54) is 10.8 Å². The van der Waals surface area contributed by atoms with Crippen molar-refractivity contribution in [3.8, 4) is 0 Å². The first-order valence-corrected chi connectivity index (χ1v) is 7.24. The van der Waals surface area contributed by atoms with Crippen LogP contribution in [0.3, 0.4) is 0 Å². The molecule has 0 aromatic heterocycles. The van der Waals surface area contributed by atoms with E-state index >= 15 is 0 Å². The van der Waals surface area contributed by atoms with Crippen LogP contribution in [0.4, 0.5) is 11.4 Å². The van der Waals surface area contributed by atoms with Gasteiger partial charge < -0.3 is 5.32 Å². The molecule has 0 saturated heterocycles. The second-order valence-electron chi connectivity index (χ2n) is 5.23. The maximum Gasteiger partial charge on any atom is 0.138 e. The van der Waals surface area contributed by atoms with E-state index in [1.54, 1.807) is 0 Å². The number of nitrogens with zero attached hydrogens (tertiary/aromatic N) is 1. The molecule has 2 nitrogen and oxygen atoms in total. The Balaban J connectivity index is 1.91. The Morgan fingerprint density at radius 2 is 1.81 bits per heavy atom. The number of rotatable bonds is 1. The number of hydrogen-bond donors (Lipinski definition) is 1. The second kappa shape index (κ2) is 4.61. The Hall–Kier alpha value is -2.32. The summed E-state index contributed by atoms with van der Waals surface area (Å²) in [4.78, 5) is 4.75. The Morgan fingerprint density at radius 1 is 1.00 bits per heavy atom. The maximum atomic E-state index is 6.23. The lowest BCUT2D eigenvalue weighted by atomic mass is 10.0. The fourth-order valence-electron chi connectivity index (χ4n) is 2.67. The number of amidine groups is 1. The van der Waals surface area contributed by atoms with Crippen molar-refractivity contribution < 1.29 is 0 Å². The van der Waals surface area contributed by atoms with Crippen molar-refractivity contribution in [1.82, 2.24) is 0 Å². The molecular formula is C18H13ClN2. The van der Waals surface area contributed by atoms with Crippen LogP contribution in [0.15, 0.2) is 59.6 Å². The van der Waals surface area contributed by atoms with Crippen LogP contribution in [0.2, 0.25) is 5.02 Å². The third-order valence-electron chi connectivity index (χ3n) is 3.81. The number of aryl methyl sites for hydroxylation is 1. The number of benzene rings is 3. The lowest BCUT2D eigenvalue weighted by Gasteiger charge is -2.19. The molecule has 3 aromatic rings. The summed E-state index contributed by atoms with van der Waals surface area (Å²) in [5, 5.41) is 6.54. The van der Waals surface area contributed by atoms with Crippen LogP contribution in [0.1, 0.15) is 11.1 Å². The zero-order chi connectivity index (χ0) is 14.4. The van der Waals surface area contributed by atoms with Crippen LogP contribution in [-0.4, -0.2) is 5.84 Å². The van der Waals surface area contributed by atoms with Crippen molar-refractivity contribution >= 4 is 39.6 Å². The van der Waals surface area contributed by atoms with Gasteiger partial charge in [0.1, 0.15) is 5.84 Å². The molecule has 1 heterocycles. The summed E-state index contributed by atoms with van der Waals surface area (Å²) in [7, 11) is 0. The SMILES string of the molecule is Cc1ccc(C2=Nc3cccc4cccc(c34)N2)cc1Cl. The van der Waals surface area contributed by atoms with Gasteiger partial charge in [-0.05, 0) is 36.1 Å². The number of aliphatic imine (C=N–C) groups is 1. The minimum Gasteiger partial charge on any atom is -0.339 e. The highest BCUT2D eigenvalue weighted by Crippen LogP contribution is 2.36. The molecule has 3 aromatic carbocycles. The lowest BCUT2D eigenvalue weighted by Crippen LogP contribution is -2.16. The van der Waals surface area contributed by atoms with Crippen LogP contribution >= 0.6 is 11.6 Å². The summed E-state index contributed by atoms with van der Waals surface area (Å²) in [6.07, 6.45) is 0. The second-order valence-corrected chi connectivity index (χ2v) is 5.64. The van der Waals surface area contributed by atoms with Gasteiger partial charge in [-0.15, -0.1) is 0 Å². The summed E-state index contributed by atoms with van der Waals surface area (Å²) in [5.41, 5.74) is 4.15. The number of hydrogen-bond acceptors (Lipinski definition) is 2. The van der Waals surface area contributed by atoms with Gasteiger partial charge in [-0.25, -0.2) is 4.99 Å². The summed E-state index contributed by atoms with van der Waals surface area (Å²) in [5.74, 6) is 0.836. The van der Waals surface area contributed by atoms with Gasteiger partial charge in [-0.1, -0.05) is 48.0 Å². The van der Waals surface area contributed by atoms with Gasteiger partial charge in [0, 0.05) is 21.7 Å². The Kier molecular flexibility index (Phi) is 2.72. The fraction of sp³-hybridized carbons (Fsp3) is 0.0556. The number of halogens is 1. The van der Waals surface area contributed by atoms with Crippen molar-refractivity contribution in [2.75, 3.05) is 5.32 Å². The highest BCUT2D eigenvalue weighted by molar-refractivity contribution is 6.32. The third-order valence-corrected chi connectivity index (χ3v) is 4.22. The first-order chi connectivity index (χ1) is 10.2. The molecule has 0 saturated carbocycles. The molecule has 0 fully saturated rings. The van der Waals surface area contributed by atoms with Crippen molar-refractivity contribution in [2.45, 2.75) is 6.92 Å². The average Bonchev–Trinajstić information content (AvgIpc) is 2.50. The molecule has 0 unspecified atom stereocenters. The van der Waals surface area contributed by atoms with Gasteiger partial charge in [0.2, 0.25) is 0 Å². The van der Waals surface area contributed by atoms with Gasteiger partial charge >= 0.3 is 0 Å². The molecule has 4 rings (SSSR count). The highest BCUT2D eigenvalue weighted by atomic mass is 35.5. The van der Waals surface area contributed by atoms with Gasteiger partial charge in [0.15, 0.2) is 0 Å². The van der Waals surface area contributed by atoms with E-state index < -0.39 is 0 Å². The molecule has 21 heavy (non-hydrogen) atoms. The molecule has 0 radical (unpaired) electrons. The zero-order valence-electron chi connectivity index (χ0n) is 11.5. The summed E-state index contributed by atoms with van der Waals surface area (Å²) < 4.78 is 0. The van der Waals surface area contributed by atoms with Gasteiger partial charge in [0.05, 0.1) is 5.69 Å². The van der Waals surface area contributed by atoms with Gasteiger partial charge in [-0.3, -0.25) is 0 Å². The van der Waals surface area contributed by atoms with Crippen LogP contribution in [0.5, 0.6) is 0 Å². The number of anilines is 1. The predicted octanol–water partition coefficient (Wildman–Crippen LogP) is 5.31. The first kappa shape index (κ1) is 12.4. The molecule has 0 amide bonds. The van der Waals surface area contributed by atoms with Crippen LogP contribution in [0, 0.1) is 6.92 Å². The van der Waals surface area contributed by atoms with Crippen LogP contribution < -0.4 is 5.32 Å². The van der Waals surface area contributed by atoms with E-state index in [2.05, 4.69) is 29.6 Å². The predicted molar refractivity (Wildman–Crippen MR) is 90.0 cm³/mol. The zero-order valence-corrected chi connectivity index (χ0v) is 12.3. The third kappa shape index (κ3) is 1.99. The van der Waals surface area contributed by atoms with Crippen LogP contribution in [0.25, 0.3) is 10.8 Å². The summed E-state index contributed by atoms with van der Waals surface area (Å²) in [6.45, 7) is 2.00. The molecule has 0 aliphatic carbocycles. The molecule has 0 atom stereocenters.